The van der Waals surface area contributed by atoms with Gasteiger partial charge in [-0.2, -0.15) is 0 Å². The molecule has 0 radical (unpaired) electrons. The molecule has 1 aromatic rings. The number of unbranched alkanes of at least 4 members (excludes halogenated alkanes) is 3. The van der Waals surface area contributed by atoms with E-state index in [1.807, 2.05) is 0 Å². The van der Waals surface area contributed by atoms with E-state index in [1.165, 1.54) is 49.7 Å². The molecular weight excluding hydrogens is 258 g/mol. The summed E-state index contributed by atoms with van der Waals surface area (Å²) >= 11 is 0. The SMILES string of the molecule is CCCCCCC(C)NC1CCCOc2c(C)cccc21. The average Bonchev–Trinajstić information content (AvgIpc) is 2.68. The Bertz CT molecular complexity index is 430. The van der Waals surface area contributed by atoms with E-state index in [4.69, 9.17) is 4.74 Å². The van der Waals surface area contributed by atoms with Gasteiger partial charge in [0.2, 0.25) is 0 Å². The summed E-state index contributed by atoms with van der Waals surface area (Å²) in [6.07, 6.45) is 8.97. The van der Waals surface area contributed by atoms with E-state index >= 15 is 0 Å². The monoisotopic (exact) mass is 289 g/mol. The van der Waals surface area contributed by atoms with Crippen LogP contribution in [-0.4, -0.2) is 12.6 Å². The molecule has 1 aromatic carbocycles. The van der Waals surface area contributed by atoms with Gasteiger partial charge >= 0.3 is 0 Å². The van der Waals surface area contributed by atoms with Crippen LogP contribution >= 0.6 is 0 Å². The maximum Gasteiger partial charge on any atom is 0.126 e. The molecule has 21 heavy (non-hydrogen) atoms. The number of nitrogens with one attached hydrogen (secondary N) is 1. The normalized spacial score (nSPS) is 19.5. The molecule has 2 rings (SSSR count). The summed E-state index contributed by atoms with van der Waals surface area (Å²) in [5, 5.41) is 3.84. The Morgan fingerprint density at radius 3 is 2.95 bits per heavy atom. The van der Waals surface area contributed by atoms with Gasteiger partial charge in [-0.25, -0.2) is 0 Å². The van der Waals surface area contributed by atoms with Crippen LogP contribution in [0.25, 0.3) is 0 Å². The number of hydrogen-bond donors (Lipinski definition) is 1. The van der Waals surface area contributed by atoms with E-state index in [0.717, 1.165) is 18.8 Å². The van der Waals surface area contributed by atoms with Gasteiger partial charge in [0, 0.05) is 17.6 Å². The van der Waals surface area contributed by atoms with Crippen molar-refractivity contribution in [1.29, 1.82) is 0 Å². The number of aryl methyl sites for hydroxylation is 1. The Morgan fingerprint density at radius 2 is 2.14 bits per heavy atom. The summed E-state index contributed by atoms with van der Waals surface area (Å²) in [6, 6.07) is 7.57. The third kappa shape index (κ3) is 4.74. The van der Waals surface area contributed by atoms with Crippen LogP contribution in [0.2, 0.25) is 0 Å². The highest BCUT2D eigenvalue weighted by molar-refractivity contribution is 5.43. The van der Waals surface area contributed by atoms with Gasteiger partial charge in [0.1, 0.15) is 5.75 Å². The molecule has 2 atom stereocenters. The van der Waals surface area contributed by atoms with Crippen molar-refractivity contribution >= 4 is 0 Å². The highest BCUT2D eigenvalue weighted by Crippen LogP contribution is 2.34. The number of rotatable bonds is 7. The summed E-state index contributed by atoms with van der Waals surface area (Å²) in [5.41, 5.74) is 2.62. The number of para-hydroxylation sites is 1. The third-order valence-electron chi connectivity index (χ3n) is 4.48. The largest absolute Gasteiger partial charge is 0.493 e. The van der Waals surface area contributed by atoms with Crippen LogP contribution in [0.4, 0.5) is 0 Å². The topological polar surface area (TPSA) is 21.3 Å². The van der Waals surface area contributed by atoms with E-state index in [0.29, 0.717) is 12.1 Å². The quantitative estimate of drug-likeness (QED) is 0.700. The smallest absolute Gasteiger partial charge is 0.126 e. The zero-order valence-electron chi connectivity index (χ0n) is 14.0. The molecule has 0 saturated carbocycles. The van der Waals surface area contributed by atoms with Gasteiger partial charge in [0.25, 0.3) is 0 Å². The van der Waals surface area contributed by atoms with Gasteiger partial charge in [-0.1, -0.05) is 50.8 Å². The molecule has 2 nitrogen and oxygen atoms in total. The number of fused-ring (bicyclic) bond motifs is 1. The van der Waals surface area contributed by atoms with Crippen LogP contribution in [0.15, 0.2) is 18.2 Å². The molecule has 1 aliphatic heterocycles. The minimum Gasteiger partial charge on any atom is -0.493 e. The first kappa shape index (κ1) is 16.4. The number of hydrogen-bond acceptors (Lipinski definition) is 2. The van der Waals surface area contributed by atoms with Crippen LogP contribution in [0.5, 0.6) is 5.75 Å². The first-order chi connectivity index (χ1) is 10.2. The summed E-state index contributed by atoms with van der Waals surface area (Å²) in [5.74, 6) is 1.12. The Kier molecular flexibility index (Phi) is 6.56. The van der Waals surface area contributed by atoms with Gasteiger partial charge in [0.15, 0.2) is 0 Å². The molecule has 0 amide bonds. The van der Waals surface area contributed by atoms with Crippen LogP contribution < -0.4 is 10.1 Å². The minimum absolute atomic E-state index is 0.448. The van der Waals surface area contributed by atoms with Crippen molar-refractivity contribution in [2.75, 3.05) is 6.61 Å². The van der Waals surface area contributed by atoms with E-state index in [9.17, 15) is 0 Å². The first-order valence-corrected chi connectivity index (χ1v) is 8.70. The Labute approximate surface area is 130 Å². The zero-order chi connectivity index (χ0) is 15.1. The lowest BCUT2D eigenvalue weighted by Crippen LogP contribution is -2.30. The Morgan fingerprint density at radius 1 is 1.29 bits per heavy atom. The number of ether oxygens (including phenoxy) is 1. The molecule has 1 heterocycles. The molecule has 1 N–H and O–H groups in total. The summed E-state index contributed by atoms with van der Waals surface area (Å²) < 4.78 is 5.96. The number of benzene rings is 1. The molecule has 0 spiro atoms. The van der Waals surface area contributed by atoms with Gasteiger partial charge in [-0.05, 0) is 38.7 Å². The van der Waals surface area contributed by atoms with Gasteiger partial charge < -0.3 is 10.1 Å². The molecule has 2 unspecified atom stereocenters. The Hall–Kier alpha value is -1.02. The fourth-order valence-electron chi connectivity index (χ4n) is 3.24. The zero-order valence-corrected chi connectivity index (χ0v) is 14.0. The summed E-state index contributed by atoms with van der Waals surface area (Å²) in [6.45, 7) is 7.59. The van der Waals surface area contributed by atoms with Crippen LogP contribution in [0, 0.1) is 6.92 Å². The van der Waals surface area contributed by atoms with Gasteiger partial charge in [-0.15, -0.1) is 0 Å². The molecule has 0 aliphatic carbocycles. The Balaban J connectivity index is 1.95. The predicted octanol–water partition coefficient (Wildman–Crippen LogP) is 5.16. The van der Waals surface area contributed by atoms with Crippen molar-refractivity contribution in [2.45, 2.75) is 77.8 Å². The fourth-order valence-corrected chi connectivity index (χ4v) is 3.24. The highest BCUT2D eigenvalue weighted by atomic mass is 16.5. The highest BCUT2D eigenvalue weighted by Gasteiger charge is 2.21. The van der Waals surface area contributed by atoms with Crippen molar-refractivity contribution in [3.05, 3.63) is 29.3 Å². The van der Waals surface area contributed by atoms with Gasteiger partial charge in [0.05, 0.1) is 6.61 Å². The van der Waals surface area contributed by atoms with Crippen LogP contribution in [0.3, 0.4) is 0 Å². The molecule has 1 aliphatic rings. The fraction of sp³-hybridized carbons (Fsp3) is 0.684. The molecule has 0 bridgehead atoms. The standard InChI is InChI=1S/C19H31NO/c1-4-5-6-7-11-16(3)20-18-13-9-14-21-19-15(2)10-8-12-17(18)19/h8,10,12,16,18,20H,4-7,9,11,13-14H2,1-3H3. The summed E-state index contributed by atoms with van der Waals surface area (Å²) in [4.78, 5) is 0. The van der Waals surface area contributed by atoms with Crippen molar-refractivity contribution in [3.63, 3.8) is 0 Å². The lowest BCUT2D eigenvalue weighted by atomic mass is 9.98. The van der Waals surface area contributed by atoms with Crippen molar-refractivity contribution in [3.8, 4) is 5.75 Å². The minimum atomic E-state index is 0.448. The molecule has 0 aromatic heterocycles. The van der Waals surface area contributed by atoms with E-state index in [-0.39, 0.29) is 0 Å². The van der Waals surface area contributed by atoms with Crippen LogP contribution in [0.1, 0.15) is 76.0 Å². The average molecular weight is 289 g/mol. The van der Waals surface area contributed by atoms with Crippen LogP contribution in [-0.2, 0) is 0 Å². The van der Waals surface area contributed by atoms with Gasteiger partial charge in [-0.3, -0.25) is 0 Å². The second-order valence-corrected chi connectivity index (χ2v) is 6.45. The van der Waals surface area contributed by atoms with Crippen molar-refractivity contribution in [1.82, 2.24) is 5.32 Å². The second kappa shape index (κ2) is 8.43. The molecule has 118 valence electrons. The second-order valence-electron chi connectivity index (χ2n) is 6.45. The first-order valence-electron chi connectivity index (χ1n) is 8.70. The predicted molar refractivity (Wildman–Crippen MR) is 90.0 cm³/mol. The van der Waals surface area contributed by atoms with Crippen molar-refractivity contribution < 1.29 is 4.74 Å². The van der Waals surface area contributed by atoms with E-state index in [1.54, 1.807) is 0 Å². The molecule has 0 saturated heterocycles. The maximum absolute atomic E-state index is 5.96. The van der Waals surface area contributed by atoms with E-state index < -0.39 is 0 Å². The van der Waals surface area contributed by atoms with Crippen molar-refractivity contribution in [2.24, 2.45) is 0 Å². The lowest BCUT2D eigenvalue weighted by Gasteiger charge is -2.24. The molecular formula is C19H31NO. The molecule has 2 heteroatoms. The van der Waals surface area contributed by atoms with E-state index in [2.05, 4.69) is 44.3 Å². The molecule has 0 fully saturated rings. The maximum atomic E-state index is 5.96. The third-order valence-corrected chi connectivity index (χ3v) is 4.48. The lowest BCUT2D eigenvalue weighted by molar-refractivity contribution is 0.312. The summed E-state index contributed by atoms with van der Waals surface area (Å²) in [7, 11) is 0.